The van der Waals surface area contributed by atoms with Gasteiger partial charge in [-0.2, -0.15) is 0 Å². The molecule has 2 aromatic rings. The van der Waals surface area contributed by atoms with Crippen molar-refractivity contribution in [2.24, 2.45) is 17.8 Å². The summed E-state index contributed by atoms with van der Waals surface area (Å²) in [6.07, 6.45) is 2.51. The van der Waals surface area contributed by atoms with Gasteiger partial charge in [-0.25, -0.2) is 0 Å². The molecule has 0 bridgehead atoms. The lowest BCUT2D eigenvalue weighted by molar-refractivity contribution is 0.0572. The third-order valence-corrected chi connectivity index (χ3v) is 7.26. The summed E-state index contributed by atoms with van der Waals surface area (Å²) in [6, 6.07) is 14.0. The highest BCUT2D eigenvalue weighted by Crippen LogP contribution is 2.60. The second-order valence-electron chi connectivity index (χ2n) is 8.55. The summed E-state index contributed by atoms with van der Waals surface area (Å²) < 4.78 is 0. The topological polar surface area (TPSA) is 66.5 Å². The van der Waals surface area contributed by atoms with E-state index in [1.807, 2.05) is 0 Å². The van der Waals surface area contributed by atoms with Crippen LogP contribution in [0.1, 0.15) is 57.3 Å². The summed E-state index contributed by atoms with van der Waals surface area (Å²) >= 11 is 5.91. The average molecular weight is 423 g/mol. The minimum Gasteiger partial charge on any atom is -0.349 e. The summed E-state index contributed by atoms with van der Waals surface area (Å²) in [5.41, 5.74) is 1.63. The number of hydrogen-bond donors (Lipinski definition) is 1. The van der Waals surface area contributed by atoms with Crippen LogP contribution in [0.5, 0.6) is 0 Å². The van der Waals surface area contributed by atoms with Crippen molar-refractivity contribution in [1.29, 1.82) is 0 Å². The van der Waals surface area contributed by atoms with Crippen LogP contribution in [0, 0.1) is 17.8 Å². The molecular weight excluding hydrogens is 400 g/mol. The lowest BCUT2D eigenvalue weighted by atomic mass is 9.98. The number of carbonyl (C=O) groups excluding carboxylic acids is 3. The third-order valence-electron chi connectivity index (χ3n) is 7.00. The molecule has 2 saturated carbocycles. The van der Waals surface area contributed by atoms with Gasteiger partial charge in [-0.15, -0.1) is 0 Å². The fourth-order valence-electron chi connectivity index (χ4n) is 5.53. The highest BCUT2D eigenvalue weighted by atomic mass is 35.5. The Morgan fingerprint density at radius 2 is 1.60 bits per heavy atom. The molecule has 5 rings (SSSR count). The predicted molar refractivity (Wildman–Crippen MR) is 113 cm³/mol. The predicted octanol–water partition coefficient (Wildman–Crippen LogP) is 4.17. The molecule has 154 valence electrons. The van der Waals surface area contributed by atoms with Crippen LogP contribution in [0.25, 0.3) is 0 Å². The van der Waals surface area contributed by atoms with Gasteiger partial charge in [-0.05, 0) is 73.4 Å². The molecular formula is C24H23ClN2O3. The Morgan fingerprint density at radius 1 is 1.03 bits per heavy atom. The highest BCUT2D eigenvalue weighted by Gasteiger charge is 2.61. The maximum absolute atomic E-state index is 12.8. The Kier molecular flexibility index (Phi) is 4.66. The van der Waals surface area contributed by atoms with Gasteiger partial charge in [0, 0.05) is 22.7 Å². The van der Waals surface area contributed by atoms with E-state index in [0.29, 0.717) is 39.5 Å². The van der Waals surface area contributed by atoms with Gasteiger partial charge in [0.05, 0.1) is 11.1 Å². The molecule has 3 unspecified atom stereocenters. The lowest BCUT2D eigenvalue weighted by Crippen LogP contribution is -2.41. The Labute approximate surface area is 180 Å². The molecule has 1 heterocycles. The van der Waals surface area contributed by atoms with Gasteiger partial charge < -0.3 is 5.32 Å². The Bertz CT molecular complexity index is 988. The van der Waals surface area contributed by atoms with E-state index in [9.17, 15) is 14.4 Å². The number of amides is 3. The first-order valence-corrected chi connectivity index (χ1v) is 10.9. The van der Waals surface area contributed by atoms with Crippen LogP contribution in [0.4, 0.5) is 0 Å². The highest BCUT2D eigenvalue weighted by molar-refractivity contribution is 6.30. The molecule has 0 aromatic heterocycles. The fraction of sp³-hybridized carbons (Fsp3) is 0.375. The van der Waals surface area contributed by atoms with Crippen LogP contribution in [0.2, 0.25) is 5.02 Å². The van der Waals surface area contributed by atoms with E-state index in [1.54, 1.807) is 48.5 Å². The normalized spacial score (nSPS) is 27.6. The standard InChI is InChI=1S/C24H23ClN2O3/c1-2-20(26-22(28)13-7-9-14(25)10-8-13)21-18-11-15(12-19(18)21)27-23(29)16-5-3-4-6-17(16)24(27)30/h3-10,15,18-21H,2,11-12H2,1H3,(H,26,28). The van der Waals surface area contributed by atoms with Crippen LogP contribution in [0.15, 0.2) is 48.5 Å². The SMILES string of the molecule is CCC(NC(=O)c1ccc(Cl)cc1)C1C2CC(N3C(=O)c4ccccc4C3=O)CC21. The number of hydrogen-bond acceptors (Lipinski definition) is 3. The molecule has 0 saturated heterocycles. The van der Waals surface area contributed by atoms with E-state index >= 15 is 0 Å². The molecule has 30 heavy (non-hydrogen) atoms. The van der Waals surface area contributed by atoms with Gasteiger partial charge in [-0.1, -0.05) is 30.7 Å². The van der Waals surface area contributed by atoms with Crippen molar-refractivity contribution in [2.45, 2.75) is 38.3 Å². The van der Waals surface area contributed by atoms with Crippen molar-refractivity contribution < 1.29 is 14.4 Å². The molecule has 0 radical (unpaired) electrons. The Hall–Kier alpha value is -2.66. The van der Waals surface area contributed by atoms with Crippen molar-refractivity contribution in [3.05, 3.63) is 70.2 Å². The first-order chi connectivity index (χ1) is 14.5. The maximum atomic E-state index is 12.8. The zero-order valence-corrected chi connectivity index (χ0v) is 17.4. The van der Waals surface area contributed by atoms with E-state index in [4.69, 9.17) is 11.6 Å². The van der Waals surface area contributed by atoms with E-state index < -0.39 is 0 Å². The number of nitrogens with one attached hydrogen (secondary N) is 1. The first kappa shape index (κ1) is 19.3. The van der Waals surface area contributed by atoms with Gasteiger partial charge in [0.1, 0.15) is 0 Å². The Morgan fingerprint density at radius 3 is 2.13 bits per heavy atom. The van der Waals surface area contributed by atoms with Crippen LogP contribution < -0.4 is 5.32 Å². The summed E-state index contributed by atoms with van der Waals surface area (Å²) in [7, 11) is 0. The van der Waals surface area contributed by atoms with Crippen LogP contribution in [-0.4, -0.2) is 34.7 Å². The molecule has 1 N–H and O–H groups in total. The molecule has 2 fully saturated rings. The van der Waals surface area contributed by atoms with Gasteiger partial charge in [-0.3, -0.25) is 19.3 Å². The second-order valence-corrected chi connectivity index (χ2v) is 8.99. The minimum absolute atomic E-state index is 0.0341. The van der Waals surface area contributed by atoms with Crippen molar-refractivity contribution >= 4 is 29.3 Å². The number of imide groups is 1. The van der Waals surface area contributed by atoms with E-state index in [-0.39, 0.29) is 29.8 Å². The van der Waals surface area contributed by atoms with E-state index in [0.717, 1.165) is 19.3 Å². The summed E-state index contributed by atoms with van der Waals surface area (Å²) in [6.45, 7) is 2.09. The Balaban J connectivity index is 1.23. The molecule has 2 aliphatic carbocycles. The lowest BCUT2D eigenvalue weighted by Gasteiger charge is -2.26. The summed E-state index contributed by atoms with van der Waals surface area (Å²) in [5, 5.41) is 3.79. The molecule has 0 spiro atoms. The maximum Gasteiger partial charge on any atom is 0.261 e. The van der Waals surface area contributed by atoms with Crippen molar-refractivity contribution in [1.82, 2.24) is 10.2 Å². The molecule has 3 atom stereocenters. The zero-order chi connectivity index (χ0) is 21.0. The quantitative estimate of drug-likeness (QED) is 0.735. The fourth-order valence-corrected chi connectivity index (χ4v) is 5.66. The zero-order valence-electron chi connectivity index (χ0n) is 16.7. The van der Waals surface area contributed by atoms with Crippen molar-refractivity contribution in [3.8, 4) is 0 Å². The first-order valence-electron chi connectivity index (χ1n) is 10.5. The largest absolute Gasteiger partial charge is 0.349 e. The van der Waals surface area contributed by atoms with Crippen LogP contribution >= 0.6 is 11.6 Å². The van der Waals surface area contributed by atoms with Gasteiger partial charge >= 0.3 is 0 Å². The molecule has 3 aliphatic rings. The number of halogens is 1. The molecule has 5 nitrogen and oxygen atoms in total. The number of fused-ring (bicyclic) bond motifs is 2. The number of rotatable bonds is 5. The van der Waals surface area contributed by atoms with Crippen LogP contribution in [-0.2, 0) is 0 Å². The van der Waals surface area contributed by atoms with Gasteiger partial charge in [0.25, 0.3) is 17.7 Å². The van der Waals surface area contributed by atoms with E-state index in [2.05, 4.69) is 12.2 Å². The third kappa shape index (κ3) is 3.03. The minimum atomic E-state index is -0.165. The van der Waals surface area contributed by atoms with Gasteiger partial charge in [0.2, 0.25) is 0 Å². The molecule has 2 aromatic carbocycles. The molecule has 3 amide bonds. The molecule has 1 aliphatic heterocycles. The van der Waals surface area contributed by atoms with Crippen molar-refractivity contribution in [3.63, 3.8) is 0 Å². The average Bonchev–Trinajstić information content (AvgIpc) is 3.11. The smallest absolute Gasteiger partial charge is 0.261 e. The number of benzene rings is 2. The van der Waals surface area contributed by atoms with Gasteiger partial charge in [0.15, 0.2) is 0 Å². The summed E-state index contributed by atoms with van der Waals surface area (Å²) in [4.78, 5) is 39.6. The molecule has 6 heteroatoms. The number of nitrogens with zero attached hydrogens (tertiary/aromatic N) is 1. The van der Waals surface area contributed by atoms with E-state index in [1.165, 1.54) is 4.90 Å². The van der Waals surface area contributed by atoms with Crippen molar-refractivity contribution in [2.75, 3.05) is 0 Å². The number of carbonyl (C=O) groups is 3. The monoisotopic (exact) mass is 422 g/mol. The van der Waals surface area contributed by atoms with Crippen LogP contribution in [0.3, 0.4) is 0 Å². The second kappa shape index (κ2) is 7.24. The summed E-state index contributed by atoms with van der Waals surface area (Å²) in [5.74, 6) is 0.908.